The summed E-state index contributed by atoms with van der Waals surface area (Å²) < 4.78 is 31.0. The number of rotatable bonds is 2. The summed E-state index contributed by atoms with van der Waals surface area (Å²) in [6.07, 6.45) is 1.91. The molecule has 1 unspecified atom stereocenters. The third kappa shape index (κ3) is 7.75. The Balaban J connectivity index is 0.000000325. The quantitative estimate of drug-likeness (QED) is 0.490. The van der Waals surface area contributed by atoms with Gasteiger partial charge in [0.1, 0.15) is 6.54 Å². The molecule has 0 spiro atoms. The van der Waals surface area contributed by atoms with Crippen LogP contribution in [0, 0.1) is 0 Å². The van der Waals surface area contributed by atoms with E-state index in [0.29, 0.717) is 11.8 Å². The lowest BCUT2D eigenvalue weighted by atomic mass is 10.1. The molecule has 1 heterocycles. The van der Waals surface area contributed by atoms with Crippen molar-refractivity contribution < 1.29 is 26.8 Å². The molecule has 1 aliphatic rings. The minimum Gasteiger partial charge on any atom is -0.726 e. The third-order valence-corrected chi connectivity index (χ3v) is 2.81. The summed E-state index contributed by atoms with van der Waals surface area (Å²) in [5.41, 5.74) is 0. The molecule has 0 aromatic carbocycles. The Morgan fingerprint density at radius 2 is 1.94 bits per heavy atom. The average molecular weight is 253 g/mol. The first-order valence-corrected chi connectivity index (χ1v) is 6.47. The zero-order chi connectivity index (χ0) is 12.8. The number of likely N-dealkylation sites (tertiary alicyclic amines) is 1. The van der Waals surface area contributed by atoms with Crippen molar-refractivity contribution in [2.45, 2.75) is 32.7 Å². The van der Waals surface area contributed by atoms with Gasteiger partial charge in [-0.05, 0) is 13.8 Å². The van der Waals surface area contributed by atoms with E-state index in [4.69, 9.17) is 0 Å². The first kappa shape index (κ1) is 15.5. The van der Waals surface area contributed by atoms with Gasteiger partial charge in [-0.3, -0.25) is 8.98 Å². The Kier molecular flexibility index (Phi) is 6.73. The number of piperidine rings is 1. The van der Waals surface area contributed by atoms with Crippen molar-refractivity contribution in [3.8, 4) is 0 Å². The molecule has 6 nitrogen and oxygen atoms in total. The highest BCUT2D eigenvalue weighted by molar-refractivity contribution is 7.80. The molecule has 0 aromatic heterocycles. The smallest absolute Gasteiger partial charge is 0.217 e. The van der Waals surface area contributed by atoms with Crippen LogP contribution in [0.2, 0.25) is 0 Å². The van der Waals surface area contributed by atoms with E-state index in [1.54, 1.807) is 0 Å². The van der Waals surface area contributed by atoms with Crippen LogP contribution in [-0.2, 0) is 19.4 Å². The van der Waals surface area contributed by atoms with Gasteiger partial charge >= 0.3 is 0 Å². The molecule has 0 saturated carbocycles. The van der Waals surface area contributed by atoms with Gasteiger partial charge in [-0.2, -0.15) is 0 Å². The number of Topliss-reactive ketones (excluding diaryl/α,β-unsaturated/α-hetero) is 1. The monoisotopic (exact) mass is 253 g/mol. The maximum Gasteiger partial charge on any atom is 0.217 e. The molecule has 1 aliphatic heterocycles. The van der Waals surface area contributed by atoms with Crippen LogP contribution in [-0.4, -0.2) is 45.0 Å². The summed E-state index contributed by atoms with van der Waals surface area (Å²) in [5, 5.41) is 0. The van der Waals surface area contributed by atoms with Crippen molar-refractivity contribution >= 4 is 16.2 Å². The van der Waals surface area contributed by atoms with Crippen molar-refractivity contribution in [2.75, 3.05) is 20.2 Å². The van der Waals surface area contributed by atoms with Crippen LogP contribution >= 0.6 is 0 Å². The summed E-state index contributed by atoms with van der Waals surface area (Å²) >= 11 is 0. The van der Waals surface area contributed by atoms with E-state index in [-0.39, 0.29) is 0 Å². The molecular formula is C9H19NO5S. The number of hydrogen-bond acceptors (Lipinski definition) is 5. The van der Waals surface area contributed by atoms with Crippen LogP contribution in [0.5, 0.6) is 0 Å². The number of quaternary nitrogens is 1. The number of carbonyl (C=O) groups is 1. The molecule has 96 valence electrons. The molecule has 7 heteroatoms. The molecule has 0 aliphatic carbocycles. The van der Waals surface area contributed by atoms with E-state index < -0.39 is 10.4 Å². The van der Waals surface area contributed by atoms with Crippen LogP contribution in [0.15, 0.2) is 0 Å². The lowest BCUT2D eigenvalue weighted by Gasteiger charge is -2.25. The Hall–Kier alpha value is -0.500. The first-order chi connectivity index (χ1) is 7.26. The van der Waals surface area contributed by atoms with Crippen molar-refractivity contribution in [1.29, 1.82) is 0 Å². The molecule has 0 aromatic rings. The van der Waals surface area contributed by atoms with E-state index in [1.165, 1.54) is 11.4 Å². The highest BCUT2D eigenvalue weighted by Gasteiger charge is 2.21. The van der Waals surface area contributed by atoms with Gasteiger partial charge in [0, 0.05) is 12.8 Å². The Bertz CT molecular complexity index is 312. The highest BCUT2D eigenvalue weighted by Crippen LogP contribution is 1.91. The predicted molar refractivity (Wildman–Crippen MR) is 56.8 cm³/mol. The fraction of sp³-hybridized carbons (Fsp3) is 0.889. The predicted octanol–water partition coefficient (Wildman–Crippen LogP) is -1.26. The van der Waals surface area contributed by atoms with Crippen LogP contribution < -0.4 is 4.90 Å². The number of hydrogen-bond donors (Lipinski definition) is 1. The fourth-order valence-corrected chi connectivity index (χ4v) is 1.44. The number of carbonyl (C=O) groups excluding carboxylic acids is 1. The van der Waals surface area contributed by atoms with Gasteiger partial charge in [0.2, 0.25) is 10.4 Å². The second-order valence-corrected chi connectivity index (χ2v) is 5.11. The SMILES string of the molecule is CC(C)[NH+]1CCCC(=O)C1.COS(=O)(=O)[O-]. The van der Waals surface area contributed by atoms with Gasteiger partial charge < -0.3 is 9.45 Å². The maximum absolute atomic E-state index is 11.0. The lowest BCUT2D eigenvalue weighted by Crippen LogP contribution is -3.16. The van der Waals surface area contributed by atoms with Gasteiger partial charge in [0.05, 0.1) is 19.7 Å². The van der Waals surface area contributed by atoms with Crippen molar-refractivity contribution in [3.63, 3.8) is 0 Å². The van der Waals surface area contributed by atoms with E-state index in [2.05, 4.69) is 18.0 Å². The van der Waals surface area contributed by atoms with E-state index >= 15 is 0 Å². The second kappa shape index (κ2) is 6.95. The van der Waals surface area contributed by atoms with Gasteiger partial charge in [0.25, 0.3) is 0 Å². The van der Waals surface area contributed by atoms with E-state index in [1.807, 2.05) is 0 Å². The Morgan fingerprint density at radius 3 is 2.19 bits per heavy atom. The summed E-state index contributed by atoms with van der Waals surface area (Å²) in [7, 11) is -3.60. The van der Waals surface area contributed by atoms with Crippen LogP contribution in [0.1, 0.15) is 26.7 Å². The Labute approximate surface area is 96.5 Å². The fourth-order valence-electron chi connectivity index (χ4n) is 1.44. The summed E-state index contributed by atoms with van der Waals surface area (Å²) in [5.74, 6) is 0.440. The molecule has 1 N–H and O–H groups in total. The molecular weight excluding hydrogens is 234 g/mol. The molecule has 0 bridgehead atoms. The molecule has 0 amide bonds. The topological polar surface area (TPSA) is 87.9 Å². The average Bonchev–Trinajstić information content (AvgIpc) is 2.17. The lowest BCUT2D eigenvalue weighted by molar-refractivity contribution is -0.916. The van der Waals surface area contributed by atoms with Gasteiger partial charge in [-0.1, -0.05) is 0 Å². The standard InChI is InChI=1S/C8H15NO.CH4O4S/c1-7(2)9-5-3-4-8(10)6-9;1-5-6(2,3)4/h7H,3-6H2,1-2H3;1H3,(H,2,3,4). The molecule has 0 radical (unpaired) electrons. The number of ketones is 1. The zero-order valence-corrected chi connectivity index (χ0v) is 10.7. The van der Waals surface area contributed by atoms with Crippen molar-refractivity contribution in [1.82, 2.24) is 0 Å². The second-order valence-electron chi connectivity index (χ2n) is 3.96. The Morgan fingerprint density at radius 1 is 1.44 bits per heavy atom. The van der Waals surface area contributed by atoms with Gasteiger partial charge in [0.15, 0.2) is 5.78 Å². The van der Waals surface area contributed by atoms with Crippen LogP contribution in [0.25, 0.3) is 0 Å². The van der Waals surface area contributed by atoms with Crippen LogP contribution in [0.4, 0.5) is 0 Å². The van der Waals surface area contributed by atoms with E-state index in [9.17, 15) is 17.8 Å². The summed E-state index contributed by atoms with van der Waals surface area (Å²) in [6.45, 7) is 6.29. The highest BCUT2D eigenvalue weighted by atomic mass is 32.3. The van der Waals surface area contributed by atoms with Gasteiger partial charge in [-0.25, -0.2) is 8.42 Å². The van der Waals surface area contributed by atoms with Crippen molar-refractivity contribution in [2.24, 2.45) is 0 Å². The first-order valence-electron chi connectivity index (χ1n) is 5.14. The van der Waals surface area contributed by atoms with Crippen molar-refractivity contribution in [3.05, 3.63) is 0 Å². The molecule has 16 heavy (non-hydrogen) atoms. The zero-order valence-electron chi connectivity index (χ0n) is 9.86. The molecule has 1 atom stereocenters. The van der Waals surface area contributed by atoms with E-state index in [0.717, 1.165) is 26.5 Å². The number of nitrogens with one attached hydrogen (secondary N) is 1. The van der Waals surface area contributed by atoms with Gasteiger partial charge in [-0.15, -0.1) is 0 Å². The molecule has 1 fully saturated rings. The minimum atomic E-state index is -4.41. The maximum atomic E-state index is 11.0. The molecule has 1 saturated heterocycles. The summed E-state index contributed by atoms with van der Waals surface area (Å²) in [6, 6.07) is 0.615. The molecule has 1 rings (SSSR count). The normalized spacial score (nSPS) is 21.6. The summed E-state index contributed by atoms with van der Waals surface area (Å²) in [4.78, 5) is 12.4. The third-order valence-electron chi connectivity index (χ3n) is 2.40. The minimum absolute atomic E-state index is 0.440. The largest absolute Gasteiger partial charge is 0.726 e. The van der Waals surface area contributed by atoms with Crippen LogP contribution in [0.3, 0.4) is 0 Å².